The number of anilines is 1. The van der Waals surface area contributed by atoms with E-state index in [4.69, 9.17) is 4.42 Å². The lowest BCUT2D eigenvalue weighted by Crippen LogP contribution is -2.43. The summed E-state index contributed by atoms with van der Waals surface area (Å²) in [4.78, 5) is 28.1. The maximum Gasteiger partial charge on any atom is 0.238 e. The SMILES string of the molecule is Cc1cc2coccc-2c1N1C(=O)C2C3CCC(C4CC43)C2C1=O. The maximum absolute atomic E-state index is 13.3. The van der Waals surface area contributed by atoms with Crippen LogP contribution in [-0.2, 0) is 9.59 Å². The number of hydrogen-bond donors (Lipinski definition) is 0. The highest BCUT2D eigenvalue weighted by Crippen LogP contribution is 2.68. The van der Waals surface area contributed by atoms with Gasteiger partial charge in [-0.05, 0) is 67.6 Å². The van der Waals surface area contributed by atoms with Crippen LogP contribution in [0.5, 0.6) is 0 Å². The third-order valence-corrected chi connectivity index (χ3v) is 7.19. The van der Waals surface area contributed by atoms with Gasteiger partial charge in [0.25, 0.3) is 0 Å². The quantitative estimate of drug-likeness (QED) is 0.756. The molecule has 7 aliphatic rings. The van der Waals surface area contributed by atoms with Crippen LogP contribution in [0.1, 0.15) is 24.8 Å². The summed E-state index contributed by atoms with van der Waals surface area (Å²) in [6.45, 7) is 1.98. The second-order valence-corrected chi connectivity index (χ2v) is 8.13. The first-order valence-corrected chi connectivity index (χ1v) is 9.00. The highest BCUT2D eigenvalue weighted by molar-refractivity contribution is 6.24. The third-order valence-electron chi connectivity index (χ3n) is 7.19. The van der Waals surface area contributed by atoms with Gasteiger partial charge in [0.1, 0.15) is 0 Å². The standard InChI is InChI=1S/C20H19NO3/c1-9-6-10-8-24-5-4-11(10)18(9)21-19(22)16-12-2-3-13(15-7-14(12)15)17(16)20(21)23/h4-6,8,12-17H,2-3,7H2,1H3. The van der Waals surface area contributed by atoms with Crippen molar-refractivity contribution in [1.82, 2.24) is 0 Å². The van der Waals surface area contributed by atoms with Crippen LogP contribution < -0.4 is 4.90 Å². The first-order chi connectivity index (χ1) is 11.7. The zero-order valence-corrected chi connectivity index (χ0v) is 13.6. The van der Waals surface area contributed by atoms with Gasteiger partial charge in [-0.3, -0.25) is 9.59 Å². The molecular weight excluding hydrogens is 302 g/mol. The predicted molar refractivity (Wildman–Crippen MR) is 87.4 cm³/mol. The smallest absolute Gasteiger partial charge is 0.238 e. The molecule has 1 saturated heterocycles. The van der Waals surface area contributed by atoms with Crippen molar-refractivity contribution in [2.75, 3.05) is 4.90 Å². The molecule has 0 spiro atoms. The Balaban J connectivity index is 1.50. The molecule has 4 nitrogen and oxygen atoms in total. The van der Waals surface area contributed by atoms with E-state index in [2.05, 4.69) is 0 Å². The van der Waals surface area contributed by atoms with E-state index in [1.54, 1.807) is 12.5 Å². The van der Waals surface area contributed by atoms with E-state index < -0.39 is 0 Å². The van der Waals surface area contributed by atoms with Crippen LogP contribution in [0, 0.1) is 42.4 Å². The van der Waals surface area contributed by atoms with Crippen molar-refractivity contribution in [3.05, 3.63) is 30.2 Å². The molecule has 0 aromatic heterocycles. The molecule has 0 aromatic rings. The molecule has 4 heteroatoms. The Morgan fingerprint density at radius 3 is 2.38 bits per heavy atom. The molecule has 0 aromatic carbocycles. The lowest BCUT2D eigenvalue weighted by molar-refractivity contribution is -0.129. The molecule has 7 rings (SSSR count). The number of hydrogen-bond acceptors (Lipinski definition) is 3. The van der Waals surface area contributed by atoms with Gasteiger partial charge < -0.3 is 4.42 Å². The average molecular weight is 321 g/mol. The number of carbonyl (C=O) groups is 2. The molecule has 24 heavy (non-hydrogen) atoms. The molecule has 5 aliphatic carbocycles. The molecule has 4 saturated carbocycles. The summed E-state index contributed by atoms with van der Waals surface area (Å²) in [6, 6.07) is 3.87. The third kappa shape index (κ3) is 1.38. The van der Waals surface area contributed by atoms with E-state index in [0.717, 1.165) is 47.1 Å². The van der Waals surface area contributed by atoms with E-state index in [-0.39, 0.29) is 23.7 Å². The summed E-state index contributed by atoms with van der Waals surface area (Å²) in [5.74, 6) is 2.33. The van der Waals surface area contributed by atoms with Crippen molar-refractivity contribution in [2.45, 2.75) is 26.2 Å². The molecule has 0 N–H and O–H groups in total. The summed E-state index contributed by atoms with van der Waals surface area (Å²) >= 11 is 0. The Labute approximate surface area is 140 Å². The number of amides is 2. The number of fused-ring (bicyclic) bond motifs is 2. The molecular formula is C20H19NO3. The Kier molecular flexibility index (Phi) is 2.26. The normalized spacial score (nSPS) is 39.5. The Morgan fingerprint density at radius 1 is 1.04 bits per heavy atom. The molecule has 0 radical (unpaired) electrons. The minimum atomic E-state index is -0.0576. The molecule has 5 fully saturated rings. The molecule has 2 bridgehead atoms. The fourth-order valence-electron chi connectivity index (χ4n) is 6.28. The van der Waals surface area contributed by atoms with Crippen molar-refractivity contribution < 1.29 is 14.0 Å². The number of rotatable bonds is 1. The summed E-state index contributed by atoms with van der Waals surface area (Å²) in [7, 11) is 0. The summed E-state index contributed by atoms with van der Waals surface area (Å²) in [6.07, 6.45) is 6.83. The van der Waals surface area contributed by atoms with Crippen LogP contribution in [0.25, 0.3) is 11.1 Å². The fourth-order valence-corrected chi connectivity index (χ4v) is 6.28. The lowest BCUT2D eigenvalue weighted by Gasteiger charge is -2.42. The second kappa shape index (κ2) is 4.11. The highest BCUT2D eigenvalue weighted by atomic mass is 16.3. The van der Waals surface area contributed by atoms with Crippen LogP contribution in [0.4, 0.5) is 5.69 Å². The number of aryl methyl sites for hydroxylation is 1. The van der Waals surface area contributed by atoms with Gasteiger partial charge in [-0.1, -0.05) is 0 Å². The van der Waals surface area contributed by atoms with Gasteiger partial charge >= 0.3 is 0 Å². The van der Waals surface area contributed by atoms with Crippen LogP contribution in [0.15, 0.2) is 29.1 Å². The monoisotopic (exact) mass is 321 g/mol. The summed E-state index contributed by atoms with van der Waals surface area (Å²) in [5.41, 5.74) is 3.66. The lowest BCUT2D eigenvalue weighted by atomic mass is 9.59. The van der Waals surface area contributed by atoms with Crippen LogP contribution in [-0.4, -0.2) is 11.8 Å². The van der Waals surface area contributed by atoms with E-state index in [1.165, 1.54) is 11.3 Å². The average Bonchev–Trinajstić information content (AvgIpc) is 3.30. The minimum absolute atomic E-state index is 0.0569. The zero-order chi connectivity index (χ0) is 16.2. The van der Waals surface area contributed by atoms with Crippen molar-refractivity contribution >= 4 is 17.5 Å². The molecule has 6 atom stereocenters. The number of imide groups is 1. The number of carbonyl (C=O) groups excluding carboxylic acids is 2. The highest BCUT2D eigenvalue weighted by Gasteiger charge is 2.68. The van der Waals surface area contributed by atoms with Crippen LogP contribution in [0.2, 0.25) is 0 Å². The van der Waals surface area contributed by atoms with E-state index in [1.807, 2.05) is 19.1 Å². The molecule has 2 amide bonds. The van der Waals surface area contributed by atoms with Crippen molar-refractivity contribution in [2.24, 2.45) is 35.5 Å². The van der Waals surface area contributed by atoms with E-state index in [9.17, 15) is 9.59 Å². The van der Waals surface area contributed by atoms with Gasteiger partial charge in [0.2, 0.25) is 11.8 Å². The molecule has 6 unspecified atom stereocenters. The molecule has 122 valence electrons. The second-order valence-electron chi connectivity index (χ2n) is 8.13. The maximum atomic E-state index is 13.3. The fraction of sp³-hybridized carbons (Fsp3) is 0.500. The largest absolute Gasteiger partial charge is 0.472 e. The predicted octanol–water partition coefficient (Wildman–Crippen LogP) is 3.47. The Bertz CT molecular complexity index is 834. The van der Waals surface area contributed by atoms with Crippen molar-refractivity contribution in [1.29, 1.82) is 0 Å². The summed E-state index contributed by atoms with van der Waals surface area (Å²) < 4.78 is 5.25. The molecule has 2 heterocycles. The van der Waals surface area contributed by atoms with E-state index >= 15 is 0 Å². The number of nitrogens with zero attached hydrogens (tertiary/aromatic N) is 1. The van der Waals surface area contributed by atoms with Gasteiger partial charge in [-0.2, -0.15) is 0 Å². The molecule has 2 aliphatic heterocycles. The van der Waals surface area contributed by atoms with Crippen molar-refractivity contribution in [3.8, 4) is 11.1 Å². The Morgan fingerprint density at radius 2 is 1.71 bits per heavy atom. The topological polar surface area (TPSA) is 50.5 Å². The van der Waals surface area contributed by atoms with Gasteiger partial charge in [0.05, 0.1) is 30.0 Å². The minimum Gasteiger partial charge on any atom is -0.472 e. The van der Waals surface area contributed by atoms with Gasteiger partial charge in [0.15, 0.2) is 0 Å². The first kappa shape index (κ1) is 13.2. The van der Waals surface area contributed by atoms with Gasteiger partial charge in [0, 0.05) is 11.1 Å². The van der Waals surface area contributed by atoms with E-state index in [0.29, 0.717) is 11.8 Å². The summed E-state index contributed by atoms with van der Waals surface area (Å²) in [5, 5.41) is 0. The van der Waals surface area contributed by atoms with Gasteiger partial charge in [-0.15, -0.1) is 0 Å². The van der Waals surface area contributed by atoms with Crippen LogP contribution in [0.3, 0.4) is 0 Å². The van der Waals surface area contributed by atoms with Gasteiger partial charge in [-0.25, -0.2) is 4.90 Å². The van der Waals surface area contributed by atoms with Crippen LogP contribution >= 0.6 is 0 Å². The Hall–Kier alpha value is -2.10. The zero-order valence-electron chi connectivity index (χ0n) is 13.6. The first-order valence-electron chi connectivity index (χ1n) is 9.00. The van der Waals surface area contributed by atoms with Crippen molar-refractivity contribution in [3.63, 3.8) is 0 Å².